The molecule has 0 saturated carbocycles. The lowest BCUT2D eigenvalue weighted by Crippen LogP contribution is -2.03. The summed E-state index contributed by atoms with van der Waals surface area (Å²) in [6.07, 6.45) is 4.51. The standard InChI is InChI=1S/C17H18N4S/c1-14-5-7-15(8-6-14)12-22-17-20-19-13-21(17)11-9-16-4-2-3-10-18-16/h2-8,10,13H,9,11-12H2,1H3. The molecule has 0 saturated heterocycles. The second-order valence-corrected chi connectivity index (χ2v) is 6.09. The van der Waals surface area contributed by atoms with Crippen molar-refractivity contribution in [3.05, 3.63) is 71.8 Å². The second kappa shape index (κ2) is 7.22. The van der Waals surface area contributed by atoms with Gasteiger partial charge in [-0.25, -0.2) is 0 Å². The van der Waals surface area contributed by atoms with Crippen molar-refractivity contribution < 1.29 is 0 Å². The second-order valence-electron chi connectivity index (χ2n) is 5.15. The maximum Gasteiger partial charge on any atom is 0.191 e. The monoisotopic (exact) mass is 310 g/mol. The zero-order valence-corrected chi connectivity index (χ0v) is 13.3. The Bertz CT molecular complexity index is 707. The van der Waals surface area contributed by atoms with Gasteiger partial charge in [0.15, 0.2) is 5.16 Å². The molecule has 5 heteroatoms. The van der Waals surface area contributed by atoms with Gasteiger partial charge in [0.2, 0.25) is 0 Å². The van der Waals surface area contributed by atoms with Gasteiger partial charge in [-0.1, -0.05) is 47.7 Å². The third-order valence-electron chi connectivity index (χ3n) is 3.40. The highest BCUT2D eigenvalue weighted by Gasteiger charge is 2.06. The predicted octanol–water partition coefficient (Wildman–Crippen LogP) is 3.52. The molecule has 2 heterocycles. The fourth-order valence-electron chi connectivity index (χ4n) is 2.12. The summed E-state index contributed by atoms with van der Waals surface area (Å²) in [4.78, 5) is 4.35. The molecular weight excluding hydrogens is 292 g/mol. The summed E-state index contributed by atoms with van der Waals surface area (Å²) in [5.74, 6) is 0.905. The van der Waals surface area contributed by atoms with E-state index in [1.54, 1.807) is 18.1 Å². The number of benzene rings is 1. The molecule has 3 rings (SSSR count). The molecule has 0 aliphatic heterocycles. The first-order valence-corrected chi connectivity index (χ1v) is 8.26. The molecule has 0 atom stereocenters. The maximum atomic E-state index is 4.35. The zero-order chi connectivity index (χ0) is 15.2. The third kappa shape index (κ3) is 3.95. The molecule has 0 spiro atoms. The zero-order valence-electron chi connectivity index (χ0n) is 12.5. The topological polar surface area (TPSA) is 43.6 Å². The lowest BCUT2D eigenvalue weighted by atomic mass is 10.2. The SMILES string of the molecule is Cc1ccc(CSc2nncn2CCc2ccccn2)cc1. The van der Waals surface area contributed by atoms with Crippen LogP contribution >= 0.6 is 11.8 Å². The van der Waals surface area contributed by atoms with Crippen LogP contribution in [-0.2, 0) is 18.7 Å². The Labute approximate surface area is 134 Å². The smallest absolute Gasteiger partial charge is 0.191 e. The lowest BCUT2D eigenvalue weighted by molar-refractivity contribution is 0.626. The minimum Gasteiger partial charge on any atom is -0.308 e. The molecule has 4 nitrogen and oxygen atoms in total. The molecule has 0 unspecified atom stereocenters. The fraction of sp³-hybridized carbons (Fsp3) is 0.235. The van der Waals surface area contributed by atoms with Gasteiger partial charge in [-0.2, -0.15) is 0 Å². The van der Waals surface area contributed by atoms with E-state index in [9.17, 15) is 0 Å². The first-order chi connectivity index (χ1) is 10.8. The number of rotatable bonds is 6. The van der Waals surface area contributed by atoms with Gasteiger partial charge in [0.05, 0.1) is 0 Å². The highest BCUT2D eigenvalue weighted by atomic mass is 32.2. The van der Waals surface area contributed by atoms with Crippen molar-refractivity contribution in [1.29, 1.82) is 0 Å². The Balaban J connectivity index is 1.58. The van der Waals surface area contributed by atoms with E-state index in [0.717, 1.165) is 29.6 Å². The van der Waals surface area contributed by atoms with E-state index in [-0.39, 0.29) is 0 Å². The van der Waals surface area contributed by atoms with Gasteiger partial charge in [-0.05, 0) is 24.6 Å². The number of pyridine rings is 1. The summed E-state index contributed by atoms with van der Waals surface area (Å²) in [6, 6.07) is 14.6. The number of nitrogens with zero attached hydrogens (tertiary/aromatic N) is 4. The first-order valence-electron chi connectivity index (χ1n) is 7.27. The van der Waals surface area contributed by atoms with Crippen LogP contribution in [0.5, 0.6) is 0 Å². The summed E-state index contributed by atoms with van der Waals surface area (Å²) in [5, 5.41) is 9.20. The number of hydrogen-bond acceptors (Lipinski definition) is 4. The largest absolute Gasteiger partial charge is 0.308 e. The predicted molar refractivity (Wildman–Crippen MR) is 88.7 cm³/mol. The number of thioether (sulfide) groups is 1. The van der Waals surface area contributed by atoms with E-state index in [1.807, 2.05) is 24.4 Å². The molecule has 112 valence electrons. The van der Waals surface area contributed by atoms with Crippen molar-refractivity contribution in [3.8, 4) is 0 Å². The normalized spacial score (nSPS) is 10.8. The maximum absolute atomic E-state index is 4.35. The molecule has 0 amide bonds. The minimum absolute atomic E-state index is 0.847. The van der Waals surface area contributed by atoms with Crippen LogP contribution in [0.3, 0.4) is 0 Å². The van der Waals surface area contributed by atoms with Crippen molar-refractivity contribution in [2.45, 2.75) is 30.8 Å². The van der Waals surface area contributed by atoms with Crippen molar-refractivity contribution in [2.24, 2.45) is 0 Å². The molecule has 22 heavy (non-hydrogen) atoms. The van der Waals surface area contributed by atoms with E-state index in [2.05, 4.69) is 50.9 Å². The quantitative estimate of drug-likeness (QED) is 0.653. The van der Waals surface area contributed by atoms with Crippen molar-refractivity contribution in [2.75, 3.05) is 0 Å². The lowest BCUT2D eigenvalue weighted by Gasteiger charge is -2.06. The molecule has 1 aromatic carbocycles. The van der Waals surface area contributed by atoms with Gasteiger partial charge < -0.3 is 4.57 Å². The van der Waals surface area contributed by atoms with E-state index in [1.165, 1.54) is 11.1 Å². The molecule has 0 bridgehead atoms. The van der Waals surface area contributed by atoms with Crippen molar-refractivity contribution in [3.63, 3.8) is 0 Å². The summed E-state index contributed by atoms with van der Waals surface area (Å²) in [7, 11) is 0. The molecule has 0 radical (unpaired) electrons. The molecular formula is C17H18N4S. The highest BCUT2D eigenvalue weighted by Crippen LogP contribution is 2.21. The third-order valence-corrected chi connectivity index (χ3v) is 4.46. The van der Waals surface area contributed by atoms with E-state index < -0.39 is 0 Å². The van der Waals surface area contributed by atoms with Crippen LogP contribution in [0.1, 0.15) is 16.8 Å². The van der Waals surface area contributed by atoms with Crippen LogP contribution in [0, 0.1) is 6.92 Å². The molecule has 2 aromatic heterocycles. The molecule has 3 aromatic rings. The van der Waals surface area contributed by atoms with Crippen molar-refractivity contribution >= 4 is 11.8 Å². The van der Waals surface area contributed by atoms with Crippen LogP contribution in [0.25, 0.3) is 0 Å². The molecule has 0 N–H and O–H groups in total. The van der Waals surface area contributed by atoms with Crippen LogP contribution < -0.4 is 0 Å². The Morgan fingerprint density at radius 1 is 1.09 bits per heavy atom. The average Bonchev–Trinajstić information content (AvgIpc) is 3.01. The summed E-state index contributed by atoms with van der Waals surface area (Å²) in [6.45, 7) is 2.95. The first kappa shape index (κ1) is 14.8. The average molecular weight is 310 g/mol. The Hall–Kier alpha value is -2.14. The Morgan fingerprint density at radius 2 is 1.95 bits per heavy atom. The number of aromatic nitrogens is 4. The summed E-state index contributed by atoms with van der Waals surface area (Å²) >= 11 is 1.72. The van der Waals surface area contributed by atoms with Gasteiger partial charge >= 0.3 is 0 Å². The fourth-order valence-corrected chi connectivity index (χ4v) is 3.02. The Kier molecular flexibility index (Phi) is 4.85. The number of hydrogen-bond donors (Lipinski definition) is 0. The van der Waals surface area contributed by atoms with E-state index in [0.29, 0.717) is 0 Å². The summed E-state index contributed by atoms with van der Waals surface area (Å²) in [5.41, 5.74) is 3.67. The van der Waals surface area contributed by atoms with Gasteiger partial charge in [0.25, 0.3) is 0 Å². The molecule has 0 aliphatic carbocycles. The highest BCUT2D eigenvalue weighted by molar-refractivity contribution is 7.98. The van der Waals surface area contributed by atoms with Gasteiger partial charge in [0, 0.05) is 30.6 Å². The molecule has 0 aliphatic rings. The van der Waals surface area contributed by atoms with E-state index in [4.69, 9.17) is 0 Å². The minimum atomic E-state index is 0.847. The van der Waals surface area contributed by atoms with Crippen LogP contribution in [0.2, 0.25) is 0 Å². The van der Waals surface area contributed by atoms with Gasteiger partial charge in [0.1, 0.15) is 6.33 Å². The van der Waals surface area contributed by atoms with Crippen LogP contribution in [0.15, 0.2) is 60.1 Å². The summed E-state index contributed by atoms with van der Waals surface area (Å²) < 4.78 is 2.09. The van der Waals surface area contributed by atoms with Crippen molar-refractivity contribution in [1.82, 2.24) is 19.7 Å². The van der Waals surface area contributed by atoms with Gasteiger partial charge in [-0.3, -0.25) is 4.98 Å². The molecule has 0 fully saturated rings. The van der Waals surface area contributed by atoms with Crippen LogP contribution in [-0.4, -0.2) is 19.7 Å². The number of aryl methyl sites for hydroxylation is 3. The van der Waals surface area contributed by atoms with Crippen LogP contribution in [0.4, 0.5) is 0 Å². The Morgan fingerprint density at radius 3 is 2.73 bits per heavy atom. The van der Waals surface area contributed by atoms with E-state index >= 15 is 0 Å². The van der Waals surface area contributed by atoms with Gasteiger partial charge in [-0.15, -0.1) is 10.2 Å².